The predicted molar refractivity (Wildman–Crippen MR) is 54.0 cm³/mol. The van der Waals surface area contributed by atoms with E-state index in [4.69, 9.17) is 10.5 Å². The van der Waals surface area contributed by atoms with Crippen molar-refractivity contribution in [3.8, 4) is 17.1 Å². The third kappa shape index (κ3) is 1.98. The lowest BCUT2D eigenvalue weighted by molar-refractivity contribution is 0.380. The second-order valence-electron chi connectivity index (χ2n) is 2.79. The summed E-state index contributed by atoms with van der Waals surface area (Å²) in [5.74, 6) is 0.244. The van der Waals surface area contributed by atoms with E-state index in [0.717, 1.165) is 11.1 Å². The average Bonchev–Trinajstić information content (AvgIpc) is 2.30. The van der Waals surface area contributed by atoms with Crippen LogP contribution >= 0.6 is 0 Å². The molecule has 0 unspecified atom stereocenters. The molecule has 0 bridgehead atoms. The molecule has 0 saturated carbocycles. The summed E-state index contributed by atoms with van der Waals surface area (Å²) in [5.41, 5.74) is 7.00. The summed E-state index contributed by atoms with van der Waals surface area (Å²) in [6.45, 7) is 0. The van der Waals surface area contributed by atoms with E-state index in [1.807, 2.05) is 0 Å². The van der Waals surface area contributed by atoms with E-state index < -0.39 is 0 Å². The fourth-order valence-electron chi connectivity index (χ4n) is 1.06. The number of hydrogen-bond acceptors (Lipinski definition) is 6. The van der Waals surface area contributed by atoms with E-state index in [-0.39, 0.29) is 5.95 Å². The van der Waals surface area contributed by atoms with Crippen molar-refractivity contribution in [3.63, 3.8) is 0 Å². The minimum absolute atomic E-state index is 0.244. The van der Waals surface area contributed by atoms with Gasteiger partial charge in [0.05, 0.1) is 7.11 Å². The molecule has 0 saturated heterocycles. The van der Waals surface area contributed by atoms with Gasteiger partial charge in [0.2, 0.25) is 5.95 Å². The fourth-order valence-corrected chi connectivity index (χ4v) is 1.06. The third-order valence-electron chi connectivity index (χ3n) is 1.82. The van der Waals surface area contributed by atoms with Crippen LogP contribution in [0, 0.1) is 0 Å². The molecule has 2 aromatic heterocycles. The summed E-state index contributed by atoms with van der Waals surface area (Å²) in [7, 11) is 1.52. The molecule has 2 aromatic rings. The van der Waals surface area contributed by atoms with Crippen molar-refractivity contribution in [3.05, 3.63) is 24.8 Å². The molecule has 6 nitrogen and oxygen atoms in total. The van der Waals surface area contributed by atoms with Gasteiger partial charge in [-0.05, 0) is 0 Å². The van der Waals surface area contributed by atoms with Crippen molar-refractivity contribution < 1.29 is 4.74 Å². The largest absolute Gasteiger partial charge is 0.467 e. The maximum absolute atomic E-state index is 5.38. The third-order valence-corrected chi connectivity index (χ3v) is 1.82. The number of nitrogens with two attached hydrogens (primary N) is 1. The Morgan fingerprint density at radius 3 is 1.87 bits per heavy atom. The van der Waals surface area contributed by atoms with Gasteiger partial charge in [-0.3, -0.25) is 0 Å². The standard InChI is InChI=1S/C9H9N5O/c1-15-9-13-4-7(5-14-9)6-2-11-8(10)12-3-6/h2-5H,1H3,(H2,10,11,12). The summed E-state index contributed by atoms with van der Waals surface area (Å²) >= 11 is 0. The number of rotatable bonds is 2. The minimum atomic E-state index is 0.244. The van der Waals surface area contributed by atoms with E-state index >= 15 is 0 Å². The molecule has 0 atom stereocenters. The van der Waals surface area contributed by atoms with Crippen molar-refractivity contribution in [2.75, 3.05) is 12.8 Å². The van der Waals surface area contributed by atoms with Crippen LogP contribution in [0.5, 0.6) is 6.01 Å². The number of nitrogens with zero attached hydrogens (tertiary/aromatic N) is 4. The molecule has 15 heavy (non-hydrogen) atoms. The number of anilines is 1. The van der Waals surface area contributed by atoms with Crippen molar-refractivity contribution >= 4 is 5.95 Å². The van der Waals surface area contributed by atoms with Crippen LogP contribution in [0.3, 0.4) is 0 Å². The van der Waals surface area contributed by atoms with Crippen LogP contribution in [0.15, 0.2) is 24.8 Å². The van der Waals surface area contributed by atoms with Crippen molar-refractivity contribution in [2.24, 2.45) is 0 Å². The monoisotopic (exact) mass is 203 g/mol. The van der Waals surface area contributed by atoms with Crippen LogP contribution in [0.2, 0.25) is 0 Å². The van der Waals surface area contributed by atoms with Gasteiger partial charge in [-0.25, -0.2) is 19.9 Å². The SMILES string of the molecule is COc1ncc(-c2cnc(N)nc2)cn1. The van der Waals surface area contributed by atoms with Crippen LogP contribution in [0.1, 0.15) is 0 Å². The van der Waals surface area contributed by atoms with Crippen LogP contribution < -0.4 is 10.5 Å². The minimum Gasteiger partial charge on any atom is -0.467 e. The molecular formula is C9H9N5O. The molecule has 0 fully saturated rings. The number of aromatic nitrogens is 4. The number of methoxy groups -OCH3 is 1. The van der Waals surface area contributed by atoms with Gasteiger partial charge in [0.1, 0.15) is 0 Å². The average molecular weight is 203 g/mol. The highest BCUT2D eigenvalue weighted by Gasteiger charge is 2.01. The molecule has 2 heterocycles. The predicted octanol–water partition coefficient (Wildman–Crippen LogP) is 0.524. The molecule has 0 aliphatic heterocycles. The Morgan fingerprint density at radius 1 is 0.933 bits per heavy atom. The molecule has 0 amide bonds. The summed E-state index contributed by atoms with van der Waals surface area (Å²) in [5, 5.41) is 0. The lowest BCUT2D eigenvalue weighted by Gasteiger charge is -2.00. The quantitative estimate of drug-likeness (QED) is 0.765. The number of ether oxygens (including phenoxy) is 1. The first-order valence-corrected chi connectivity index (χ1v) is 4.23. The van der Waals surface area contributed by atoms with E-state index in [9.17, 15) is 0 Å². The summed E-state index contributed by atoms with van der Waals surface area (Å²) in [6.07, 6.45) is 6.52. The summed E-state index contributed by atoms with van der Waals surface area (Å²) in [6, 6.07) is 0.329. The second-order valence-corrected chi connectivity index (χ2v) is 2.79. The molecule has 2 rings (SSSR count). The van der Waals surface area contributed by atoms with E-state index in [1.165, 1.54) is 7.11 Å². The Bertz CT molecular complexity index is 439. The van der Waals surface area contributed by atoms with Gasteiger partial charge in [0.25, 0.3) is 0 Å². The Balaban J connectivity index is 2.33. The van der Waals surface area contributed by atoms with Gasteiger partial charge >= 0.3 is 6.01 Å². The molecule has 2 N–H and O–H groups in total. The molecular weight excluding hydrogens is 194 g/mol. The first-order valence-electron chi connectivity index (χ1n) is 4.23. The highest BCUT2D eigenvalue weighted by atomic mass is 16.5. The second kappa shape index (κ2) is 3.87. The normalized spacial score (nSPS) is 9.93. The van der Waals surface area contributed by atoms with E-state index in [0.29, 0.717) is 6.01 Å². The lowest BCUT2D eigenvalue weighted by Crippen LogP contribution is -1.95. The van der Waals surface area contributed by atoms with Crippen LogP contribution in [-0.4, -0.2) is 27.0 Å². The fraction of sp³-hybridized carbons (Fsp3) is 0.111. The smallest absolute Gasteiger partial charge is 0.316 e. The first-order chi connectivity index (χ1) is 7.29. The Morgan fingerprint density at radius 2 is 1.40 bits per heavy atom. The number of nitrogen functional groups attached to an aromatic ring is 1. The summed E-state index contributed by atoms with van der Waals surface area (Å²) < 4.78 is 4.85. The molecule has 0 spiro atoms. The first kappa shape index (κ1) is 9.32. The van der Waals surface area contributed by atoms with Crippen LogP contribution in [0.4, 0.5) is 5.95 Å². The van der Waals surface area contributed by atoms with Crippen molar-refractivity contribution in [1.82, 2.24) is 19.9 Å². The Labute approximate surface area is 86.2 Å². The van der Waals surface area contributed by atoms with Gasteiger partial charge in [0, 0.05) is 35.9 Å². The summed E-state index contributed by atoms with van der Waals surface area (Å²) in [4.78, 5) is 15.7. The van der Waals surface area contributed by atoms with Crippen LogP contribution in [-0.2, 0) is 0 Å². The zero-order valence-corrected chi connectivity index (χ0v) is 8.08. The van der Waals surface area contributed by atoms with Gasteiger partial charge in [-0.2, -0.15) is 0 Å². The maximum atomic E-state index is 5.38. The zero-order valence-electron chi connectivity index (χ0n) is 8.08. The zero-order chi connectivity index (χ0) is 10.7. The highest BCUT2D eigenvalue weighted by Crippen LogP contribution is 2.16. The molecule has 0 aliphatic rings. The Hall–Kier alpha value is -2.24. The number of hydrogen-bond donors (Lipinski definition) is 1. The van der Waals surface area contributed by atoms with Crippen molar-refractivity contribution in [2.45, 2.75) is 0 Å². The molecule has 0 aromatic carbocycles. The lowest BCUT2D eigenvalue weighted by atomic mass is 10.2. The highest BCUT2D eigenvalue weighted by molar-refractivity contribution is 5.59. The van der Waals surface area contributed by atoms with Crippen molar-refractivity contribution in [1.29, 1.82) is 0 Å². The van der Waals surface area contributed by atoms with Gasteiger partial charge in [-0.15, -0.1) is 0 Å². The maximum Gasteiger partial charge on any atom is 0.316 e. The molecule has 6 heteroatoms. The van der Waals surface area contributed by atoms with E-state index in [2.05, 4.69) is 19.9 Å². The molecule has 76 valence electrons. The van der Waals surface area contributed by atoms with Gasteiger partial charge < -0.3 is 10.5 Å². The van der Waals surface area contributed by atoms with E-state index in [1.54, 1.807) is 24.8 Å². The molecule has 0 radical (unpaired) electrons. The van der Waals surface area contributed by atoms with Gasteiger partial charge in [0.15, 0.2) is 0 Å². The van der Waals surface area contributed by atoms with Crippen LogP contribution in [0.25, 0.3) is 11.1 Å². The van der Waals surface area contributed by atoms with Gasteiger partial charge in [-0.1, -0.05) is 0 Å². The molecule has 0 aliphatic carbocycles. The Kier molecular flexibility index (Phi) is 2.40. The topological polar surface area (TPSA) is 86.8 Å².